The lowest BCUT2D eigenvalue weighted by atomic mass is 9.99. The number of pyridine rings is 1. The highest BCUT2D eigenvalue weighted by Gasteiger charge is 2.16. The van der Waals surface area contributed by atoms with Crippen LogP contribution in [0.15, 0.2) is 47.2 Å². The smallest absolute Gasteiger partial charge is 0.146 e. The molecule has 2 aromatic rings. The molecule has 0 saturated heterocycles. The summed E-state index contributed by atoms with van der Waals surface area (Å²) < 4.78 is 14.8. The standard InChI is InChI=1S/C14H14BrFN2/c1-2-18-14(10-3-5-11(15)6-4-10)12-7-8-17-9-13(12)16/h3-9,14,18H,2H2,1H3. The van der Waals surface area contributed by atoms with Gasteiger partial charge in [0.05, 0.1) is 12.2 Å². The van der Waals surface area contributed by atoms with Crippen LogP contribution in [0.5, 0.6) is 0 Å². The predicted molar refractivity (Wildman–Crippen MR) is 73.9 cm³/mol. The summed E-state index contributed by atoms with van der Waals surface area (Å²) in [7, 11) is 0. The van der Waals surface area contributed by atoms with Gasteiger partial charge in [-0.05, 0) is 30.3 Å². The summed E-state index contributed by atoms with van der Waals surface area (Å²) in [6.45, 7) is 2.77. The van der Waals surface area contributed by atoms with Crippen LogP contribution in [0.4, 0.5) is 4.39 Å². The average molecular weight is 309 g/mol. The molecule has 94 valence electrons. The second-order valence-electron chi connectivity index (χ2n) is 3.94. The number of nitrogens with zero attached hydrogens (tertiary/aromatic N) is 1. The van der Waals surface area contributed by atoms with Gasteiger partial charge in [-0.3, -0.25) is 4.98 Å². The maximum absolute atomic E-state index is 13.8. The zero-order valence-corrected chi connectivity index (χ0v) is 11.6. The molecule has 1 aromatic heterocycles. The van der Waals surface area contributed by atoms with Gasteiger partial charge in [-0.1, -0.05) is 35.0 Å². The van der Waals surface area contributed by atoms with Gasteiger partial charge in [0.1, 0.15) is 5.82 Å². The molecule has 1 unspecified atom stereocenters. The third kappa shape index (κ3) is 2.94. The third-order valence-electron chi connectivity index (χ3n) is 2.73. The van der Waals surface area contributed by atoms with Gasteiger partial charge in [0.25, 0.3) is 0 Å². The molecule has 0 bridgehead atoms. The van der Waals surface area contributed by atoms with Gasteiger partial charge in [0, 0.05) is 16.2 Å². The highest BCUT2D eigenvalue weighted by atomic mass is 79.9. The summed E-state index contributed by atoms with van der Waals surface area (Å²) in [6, 6.07) is 9.45. The Balaban J connectivity index is 2.40. The van der Waals surface area contributed by atoms with E-state index in [9.17, 15) is 4.39 Å². The van der Waals surface area contributed by atoms with E-state index in [4.69, 9.17) is 0 Å². The molecule has 0 amide bonds. The number of halogens is 2. The Labute approximate surface area is 114 Å². The number of benzene rings is 1. The van der Waals surface area contributed by atoms with Gasteiger partial charge in [-0.2, -0.15) is 0 Å². The van der Waals surface area contributed by atoms with Gasteiger partial charge >= 0.3 is 0 Å². The van der Waals surface area contributed by atoms with Crippen molar-refractivity contribution in [1.82, 2.24) is 10.3 Å². The predicted octanol–water partition coefficient (Wildman–Crippen LogP) is 3.68. The maximum Gasteiger partial charge on any atom is 0.146 e. The molecule has 0 aliphatic heterocycles. The fourth-order valence-electron chi connectivity index (χ4n) is 1.89. The van der Waals surface area contributed by atoms with Crippen molar-refractivity contribution < 1.29 is 4.39 Å². The van der Waals surface area contributed by atoms with Crippen molar-refractivity contribution >= 4 is 15.9 Å². The molecule has 0 saturated carbocycles. The Morgan fingerprint density at radius 2 is 2.00 bits per heavy atom. The molecular weight excluding hydrogens is 295 g/mol. The van der Waals surface area contributed by atoms with Crippen molar-refractivity contribution in [3.8, 4) is 0 Å². The van der Waals surface area contributed by atoms with Crippen LogP contribution in [0.3, 0.4) is 0 Å². The summed E-state index contributed by atoms with van der Waals surface area (Å²) in [5.74, 6) is -0.286. The van der Waals surface area contributed by atoms with Crippen LogP contribution in [-0.2, 0) is 0 Å². The van der Waals surface area contributed by atoms with Crippen LogP contribution in [0.1, 0.15) is 24.1 Å². The molecule has 1 aromatic carbocycles. The van der Waals surface area contributed by atoms with E-state index in [1.807, 2.05) is 31.2 Å². The Bertz CT molecular complexity index is 513. The lowest BCUT2D eigenvalue weighted by molar-refractivity contribution is 0.554. The van der Waals surface area contributed by atoms with Gasteiger partial charge in [0.2, 0.25) is 0 Å². The summed E-state index contributed by atoms with van der Waals surface area (Å²) in [5, 5.41) is 3.29. The van der Waals surface area contributed by atoms with Gasteiger partial charge in [-0.25, -0.2) is 4.39 Å². The quantitative estimate of drug-likeness (QED) is 0.932. The lowest BCUT2D eigenvalue weighted by Gasteiger charge is -2.19. The fourth-order valence-corrected chi connectivity index (χ4v) is 2.15. The molecule has 0 aliphatic rings. The first-order valence-corrected chi connectivity index (χ1v) is 6.60. The zero-order valence-electron chi connectivity index (χ0n) is 10.0. The molecular formula is C14H14BrFN2. The highest BCUT2D eigenvalue weighted by molar-refractivity contribution is 9.10. The number of aromatic nitrogens is 1. The second-order valence-corrected chi connectivity index (χ2v) is 4.86. The van der Waals surface area contributed by atoms with Crippen molar-refractivity contribution in [1.29, 1.82) is 0 Å². The Morgan fingerprint density at radius 1 is 1.28 bits per heavy atom. The summed E-state index contributed by atoms with van der Waals surface area (Å²) >= 11 is 3.40. The van der Waals surface area contributed by atoms with E-state index in [-0.39, 0.29) is 11.9 Å². The maximum atomic E-state index is 13.8. The zero-order chi connectivity index (χ0) is 13.0. The van der Waals surface area contributed by atoms with Crippen molar-refractivity contribution in [3.63, 3.8) is 0 Å². The van der Waals surface area contributed by atoms with Crippen LogP contribution in [0.2, 0.25) is 0 Å². The van der Waals surface area contributed by atoms with E-state index in [0.29, 0.717) is 5.56 Å². The van der Waals surface area contributed by atoms with Crippen LogP contribution < -0.4 is 5.32 Å². The number of nitrogens with one attached hydrogen (secondary N) is 1. The van der Waals surface area contributed by atoms with E-state index in [1.54, 1.807) is 12.3 Å². The molecule has 2 nitrogen and oxygen atoms in total. The molecule has 2 rings (SSSR count). The van der Waals surface area contributed by atoms with Gasteiger partial charge in [0.15, 0.2) is 0 Å². The molecule has 4 heteroatoms. The minimum Gasteiger partial charge on any atom is -0.306 e. The van der Waals surface area contributed by atoms with Crippen molar-refractivity contribution in [2.75, 3.05) is 6.54 Å². The first-order valence-electron chi connectivity index (χ1n) is 5.80. The molecule has 1 atom stereocenters. The number of hydrogen-bond donors (Lipinski definition) is 1. The van der Waals surface area contributed by atoms with Gasteiger partial charge in [-0.15, -0.1) is 0 Å². The lowest BCUT2D eigenvalue weighted by Crippen LogP contribution is -2.23. The Morgan fingerprint density at radius 3 is 2.61 bits per heavy atom. The van der Waals surface area contributed by atoms with E-state index in [1.165, 1.54) is 6.20 Å². The van der Waals surface area contributed by atoms with Crippen molar-refractivity contribution in [2.24, 2.45) is 0 Å². The third-order valence-corrected chi connectivity index (χ3v) is 3.26. The van der Waals surface area contributed by atoms with Crippen LogP contribution >= 0.6 is 15.9 Å². The molecule has 0 fully saturated rings. The molecule has 18 heavy (non-hydrogen) atoms. The topological polar surface area (TPSA) is 24.9 Å². The molecule has 1 heterocycles. The van der Waals surface area contributed by atoms with Crippen LogP contribution in [0, 0.1) is 5.82 Å². The van der Waals surface area contributed by atoms with E-state index in [0.717, 1.165) is 16.6 Å². The normalized spacial score (nSPS) is 12.4. The number of rotatable bonds is 4. The SMILES string of the molecule is CCNC(c1ccc(Br)cc1)c1ccncc1F. The molecule has 1 N–H and O–H groups in total. The van der Waals surface area contributed by atoms with Crippen molar-refractivity contribution in [2.45, 2.75) is 13.0 Å². The number of hydrogen-bond acceptors (Lipinski definition) is 2. The Hall–Kier alpha value is -1.26. The second kappa shape index (κ2) is 6.07. The Kier molecular flexibility index (Phi) is 4.44. The molecule has 0 radical (unpaired) electrons. The summed E-state index contributed by atoms with van der Waals surface area (Å²) in [6.07, 6.45) is 2.86. The first-order chi connectivity index (χ1) is 8.72. The van der Waals surface area contributed by atoms with Crippen molar-refractivity contribution in [3.05, 3.63) is 64.1 Å². The largest absolute Gasteiger partial charge is 0.306 e. The van der Waals surface area contributed by atoms with Crippen LogP contribution in [-0.4, -0.2) is 11.5 Å². The first kappa shape index (κ1) is 13.2. The van der Waals surface area contributed by atoms with Gasteiger partial charge < -0.3 is 5.32 Å². The highest BCUT2D eigenvalue weighted by Crippen LogP contribution is 2.25. The van der Waals surface area contributed by atoms with E-state index in [2.05, 4.69) is 26.2 Å². The molecule has 0 aliphatic carbocycles. The summed E-state index contributed by atoms with van der Waals surface area (Å²) in [4.78, 5) is 3.78. The fraction of sp³-hybridized carbons (Fsp3) is 0.214. The van der Waals surface area contributed by atoms with Crippen LogP contribution in [0.25, 0.3) is 0 Å². The van der Waals surface area contributed by atoms with E-state index >= 15 is 0 Å². The average Bonchev–Trinajstić information content (AvgIpc) is 2.38. The summed E-state index contributed by atoms with van der Waals surface area (Å²) in [5.41, 5.74) is 1.65. The monoisotopic (exact) mass is 308 g/mol. The minimum absolute atomic E-state index is 0.147. The molecule has 0 spiro atoms. The van der Waals surface area contributed by atoms with E-state index < -0.39 is 0 Å². The minimum atomic E-state index is -0.286.